The van der Waals surface area contributed by atoms with E-state index in [1.54, 1.807) is 0 Å². The van der Waals surface area contributed by atoms with E-state index in [1.807, 2.05) is 27.7 Å². The molecule has 0 heterocycles. The van der Waals surface area contributed by atoms with Gasteiger partial charge in [0, 0.05) is 0 Å². The van der Waals surface area contributed by atoms with Gasteiger partial charge < -0.3 is 31.9 Å². The molecule has 0 rings (SSSR count). The van der Waals surface area contributed by atoms with Gasteiger partial charge in [0.15, 0.2) is 0 Å². The van der Waals surface area contributed by atoms with Gasteiger partial charge in [0.05, 0.1) is 12.6 Å². The highest BCUT2D eigenvalue weighted by Crippen LogP contribution is 2.06. The van der Waals surface area contributed by atoms with Crippen LogP contribution in [0.2, 0.25) is 0 Å². The number of carbonyl (C=O) groups excluding carboxylic acids is 3. The fourth-order valence-corrected chi connectivity index (χ4v) is 2.35. The van der Waals surface area contributed by atoms with Gasteiger partial charge in [0.1, 0.15) is 18.6 Å². The van der Waals surface area contributed by atoms with Crippen molar-refractivity contribution in [3.05, 3.63) is 0 Å². The molecule has 0 aromatic rings. The second kappa shape index (κ2) is 12.2. The second-order valence-electron chi connectivity index (χ2n) is 7.28. The molecule has 0 spiro atoms. The summed E-state index contributed by atoms with van der Waals surface area (Å²) < 4.78 is 0. The zero-order valence-electron chi connectivity index (χ0n) is 16.3. The minimum absolute atomic E-state index is 0.0347. The van der Waals surface area contributed by atoms with Crippen LogP contribution in [0.3, 0.4) is 0 Å². The molecule has 0 aliphatic carbocycles. The third-order valence-electron chi connectivity index (χ3n) is 3.63. The Morgan fingerprint density at radius 2 is 1.37 bits per heavy atom. The third-order valence-corrected chi connectivity index (χ3v) is 3.63. The van der Waals surface area contributed by atoms with Crippen LogP contribution in [0, 0.1) is 11.8 Å². The summed E-state index contributed by atoms with van der Waals surface area (Å²) in [6, 6.07) is -3.08. The lowest BCUT2D eigenvalue weighted by atomic mass is 10.0. The van der Waals surface area contributed by atoms with Gasteiger partial charge in [0.25, 0.3) is 0 Å². The van der Waals surface area contributed by atoms with E-state index in [-0.39, 0.29) is 18.3 Å². The van der Waals surface area contributed by atoms with Gasteiger partial charge in [-0.15, -0.1) is 0 Å². The number of carbonyl (C=O) groups is 4. The van der Waals surface area contributed by atoms with Crippen LogP contribution in [-0.4, -0.2) is 65.2 Å². The molecular weight excluding hydrogens is 356 g/mol. The molecule has 0 saturated heterocycles. The highest BCUT2D eigenvalue weighted by Gasteiger charge is 2.28. The molecule has 0 aromatic carbocycles. The molecule has 10 heteroatoms. The highest BCUT2D eigenvalue weighted by molar-refractivity contribution is 5.93. The van der Waals surface area contributed by atoms with Crippen molar-refractivity contribution in [2.75, 3.05) is 13.2 Å². The molecule has 0 aliphatic heterocycles. The Labute approximate surface area is 159 Å². The standard InChI is InChI=1S/C17H32N4O6/c1-9(2)5-11(18)15(25)21-13(8-22)17(27)20-12(6-10(3)4)16(26)19-7-14(23)24/h9-13,22H,5-8,18H2,1-4H3,(H,19,26)(H,20,27)(H,21,25)(H,23,24). The number of carboxylic acid groups (broad SMARTS) is 1. The lowest BCUT2D eigenvalue weighted by Crippen LogP contribution is -2.57. The Morgan fingerprint density at radius 3 is 1.81 bits per heavy atom. The minimum Gasteiger partial charge on any atom is -0.480 e. The Hall–Kier alpha value is -2.20. The first-order chi connectivity index (χ1) is 12.5. The van der Waals surface area contributed by atoms with Crippen LogP contribution in [0.15, 0.2) is 0 Å². The topological polar surface area (TPSA) is 171 Å². The van der Waals surface area contributed by atoms with Crippen LogP contribution < -0.4 is 21.7 Å². The van der Waals surface area contributed by atoms with Crippen molar-refractivity contribution in [1.82, 2.24) is 16.0 Å². The number of aliphatic hydroxyl groups is 1. The van der Waals surface area contributed by atoms with Crippen LogP contribution in [0.1, 0.15) is 40.5 Å². The van der Waals surface area contributed by atoms with Crippen LogP contribution in [0.25, 0.3) is 0 Å². The molecule has 3 atom stereocenters. The number of carboxylic acids is 1. The fraction of sp³-hybridized carbons (Fsp3) is 0.765. The van der Waals surface area contributed by atoms with Crippen molar-refractivity contribution >= 4 is 23.7 Å². The van der Waals surface area contributed by atoms with Crippen molar-refractivity contribution in [2.45, 2.75) is 58.7 Å². The van der Waals surface area contributed by atoms with Crippen LogP contribution in [0.4, 0.5) is 0 Å². The van der Waals surface area contributed by atoms with Crippen molar-refractivity contribution in [1.29, 1.82) is 0 Å². The first-order valence-electron chi connectivity index (χ1n) is 8.94. The molecule has 3 unspecified atom stereocenters. The summed E-state index contributed by atoms with van der Waals surface area (Å²) >= 11 is 0. The van der Waals surface area contributed by atoms with E-state index in [4.69, 9.17) is 10.8 Å². The van der Waals surface area contributed by atoms with Gasteiger partial charge in [0.2, 0.25) is 17.7 Å². The zero-order valence-corrected chi connectivity index (χ0v) is 16.3. The number of hydrogen-bond donors (Lipinski definition) is 6. The number of aliphatic carboxylic acids is 1. The van der Waals surface area contributed by atoms with E-state index < -0.39 is 55.0 Å². The maximum Gasteiger partial charge on any atom is 0.322 e. The first kappa shape index (κ1) is 24.8. The molecule has 0 radical (unpaired) electrons. The number of rotatable bonds is 12. The molecule has 0 saturated carbocycles. The van der Waals surface area contributed by atoms with E-state index >= 15 is 0 Å². The van der Waals surface area contributed by atoms with Gasteiger partial charge in [-0.05, 0) is 24.7 Å². The lowest BCUT2D eigenvalue weighted by molar-refractivity contribution is -0.138. The quantitative estimate of drug-likeness (QED) is 0.238. The minimum atomic E-state index is -1.27. The number of amides is 3. The number of aliphatic hydroxyl groups excluding tert-OH is 1. The van der Waals surface area contributed by atoms with E-state index in [2.05, 4.69) is 16.0 Å². The lowest BCUT2D eigenvalue weighted by Gasteiger charge is -2.24. The Bertz CT molecular complexity index is 524. The normalized spacial score (nSPS) is 14.4. The summed E-state index contributed by atoms with van der Waals surface area (Å²) in [4.78, 5) is 47.1. The zero-order chi connectivity index (χ0) is 21.1. The molecule has 0 aliphatic rings. The molecule has 0 bridgehead atoms. The second-order valence-corrected chi connectivity index (χ2v) is 7.28. The number of nitrogens with one attached hydrogen (secondary N) is 3. The van der Waals surface area contributed by atoms with Crippen molar-refractivity contribution in [3.8, 4) is 0 Å². The Kier molecular flexibility index (Phi) is 11.2. The van der Waals surface area contributed by atoms with E-state index in [1.165, 1.54) is 0 Å². The highest BCUT2D eigenvalue weighted by atomic mass is 16.4. The van der Waals surface area contributed by atoms with Gasteiger partial charge in [-0.1, -0.05) is 27.7 Å². The summed E-state index contributed by atoms with van der Waals surface area (Å²) in [7, 11) is 0. The fourth-order valence-electron chi connectivity index (χ4n) is 2.35. The largest absolute Gasteiger partial charge is 0.480 e. The predicted molar refractivity (Wildman–Crippen MR) is 98.5 cm³/mol. The monoisotopic (exact) mass is 388 g/mol. The van der Waals surface area contributed by atoms with Gasteiger partial charge in [-0.3, -0.25) is 19.2 Å². The van der Waals surface area contributed by atoms with Gasteiger partial charge in [-0.25, -0.2) is 0 Å². The average Bonchev–Trinajstić information content (AvgIpc) is 2.55. The summed E-state index contributed by atoms with van der Waals surface area (Å²) in [6.45, 7) is 6.22. The summed E-state index contributed by atoms with van der Waals surface area (Å²) in [5, 5.41) is 25.1. The van der Waals surface area contributed by atoms with Gasteiger partial charge in [-0.2, -0.15) is 0 Å². The molecule has 27 heavy (non-hydrogen) atoms. The molecule has 10 nitrogen and oxygen atoms in total. The van der Waals surface area contributed by atoms with Crippen molar-refractivity contribution in [2.24, 2.45) is 17.6 Å². The predicted octanol–water partition coefficient (Wildman–Crippen LogP) is -1.43. The van der Waals surface area contributed by atoms with E-state index in [0.717, 1.165) is 0 Å². The maximum absolute atomic E-state index is 12.4. The maximum atomic E-state index is 12.4. The molecule has 0 aromatic heterocycles. The van der Waals surface area contributed by atoms with Crippen molar-refractivity contribution in [3.63, 3.8) is 0 Å². The molecule has 3 amide bonds. The van der Waals surface area contributed by atoms with Crippen molar-refractivity contribution < 1.29 is 29.4 Å². The molecule has 7 N–H and O–H groups in total. The molecule has 0 fully saturated rings. The average molecular weight is 388 g/mol. The summed E-state index contributed by atoms with van der Waals surface area (Å²) in [5.41, 5.74) is 5.76. The van der Waals surface area contributed by atoms with Crippen LogP contribution in [0.5, 0.6) is 0 Å². The SMILES string of the molecule is CC(C)CC(N)C(=O)NC(CO)C(=O)NC(CC(C)C)C(=O)NCC(=O)O. The Balaban J connectivity index is 4.96. The molecular formula is C17H32N4O6. The van der Waals surface area contributed by atoms with E-state index in [0.29, 0.717) is 6.42 Å². The summed E-state index contributed by atoms with van der Waals surface area (Å²) in [6.07, 6.45) is 0.676. The smallest absolute Gasteiger partial charge is 0.322 e. The number of nitrogens with two attached hydrogens (primary N) is 1. The third kappa shape index (κ3) is 10.5. The summed E-state index contributed by atoms with van der Waals surface area (Å²) in [5.74, 6) is -2.98. The van der Waals surface area contributed by atoms with Crippen LogP contribution in [-0.2, 0) is 19.2 Å². The van der Waals surface area contributed by atoms with Crippen LogP contribution >= 0.6 is 0 Å². The first-order valence-corrected chi connectivity index (χ1v) is 8.94. The van der Waals surface area contributed by atoms with Gasteiger partial charge >= 0.3 is 5.97 Å². The van der Waals surface area contributed by atoms with E-state index in [9.17, 15) is 24.3 Å². The molecule has 156 valence electrons. The Morgan fingerprint density at radius 1 is 0.852 bits per heavy atom. The number of hydrogen-bond acceptors (Lipinski definition) is 6.